The van der Waals surface area contributed by atoms with E-state index < -0.39 is 21.7 Å². The molecule has 3 rings (SSSR count). The number of carbonyl (C=O) groups excluding carboxylic acids is 1. The Balaban J connectivity index is 1.79. The summed E-state index contributed by atoms with van der Waals surface area (Å²) in [6.07, 6.45) is 0.345. The first kappa shape index (κ1) is 15.0. The zero-order valence-electron chi connectivity index (χ0n) is 11.4. The Morgan fingerprint density at radius 1 is 1.27 bits per heavy atom. The highest BCUT2D eigenvalue weighted by Gasteiger charge is 2.32. The monoisotopic (exact) mass is 339 g/mol. The number of nitrogens with one attached hydrogen (secondary N) is 1. The van der Waals surface area contributed by atoms with E-state index in [2.05, 4.69) is 5.32 Å². The molecule has 0 aliphatic carbocycles. The predicted octanol–water partition coefficient (Wildman–Crippen LogP) is 1.97. The molecule has 1 fully saturated rings. The molecule has 2 heterocycles. The zero-order chi connectivity index (χ0) is 15.9. The minimum absolute atomic E-state index is 0.0522. The Bertz CT molecular complexity index is 868. The SMILES string of the molecule is O=C(O)c1cc2cc(NC(=O)[C@H]3CCS(=O)(=O)C3)ccc2s1. The maximum absolute atomic E-state index is 12.1. The summed E-state index contributed by atoms with van der Waals surface area (Å²) in [7, 11) is -3.10. The number of aromatic carboxylic acids is 1. The number of anilines is 1. The lowest BCUT2D eigenvalue weighted by atomic mass is 10.1. The summed E-state index contributed by atoms with van der Waals surface area (Å²) >= 11 is 1.17. The molecule has 1 aromatic carbocycles. The van der Waals surface area contributed by atoms with Crippen LogP contribution in [0.1, 0.15) is 16.1 Å². The summed E-state index contributed by atoms with van der Waals surface area (Å²) in [6.45, 7) is 0. The van der Waals surface area contributed by atoms with Gasteiger partial charge < -0.3 is 10.4 Å². The van der Waals surface area contributed by atoms with Crippen LogP contribution in [0.3, 0.4) is 0 Å². The Labute approximate surface area is 130 Å². The van der Waals surface area contributed by atoms with E-state index >= 15 is 0 Å². The van der Waals surface area contributed by atoms with Gasteiger partial charge in [-0.1, -0.05) is 0 Å². The molecule has 116 valence electrons. The number of benzene rings is 1. The van der Waals surface area contributed by atoms with E-state index in [1.54, 1.807) is 24.3 Å². The topological polar surface area (TPSA) is 101 Å². The van der Waals surface area contributed by atoms with Gasteiger partial charge in [0, 0.05) is 10.4 Å². The fraction of sp³-hybridized carbons (Fsp3) is 0.286. The molecule has 0 spiro atoms. The summed E-state index contributed by atoms with van der Waals surface area (Å²) < 4.78 is 23.6. The number of rotatable bonds is 3. The summed E-state index contributed by atoms with van der Waals surface area (Å²) in [6, 6.07) is 6.68. The molecule has 22 heavy (non-hydrogen) atoms. The lowest BCUT2D eigenvalue weighted by Gasteiger charge is -2.09. The minimum Gasteiger partial charge on any atom is -0.477 e. The highest BCUT2D eigenvalue weighted by atomic mass is 32.2. The lowest BCUT2D eigenvalue weighted by molar-refractivity contribution is -0.119. The maximum atomic E-state index is 12.1. The highest BCUT2D eigenvalue weighted by Crippen LogP contribution is 2.29. The van der Waals surface area contributed by atoms with Crippen molar-refractivity contribution in [3.05, 3.63) is 29.1 Å². The molecule has 1 aromatic heterocycles. The second-order valence-electron chi connectivity index (χ2n) is 5.26. The molecule has 8 heteroatoms. The molecular formula is C14H13NO5S2. The van der Waals surface area contributed by atoms with Gasteiger partial charge >= 0.3 is 5.97 Å². The number of fused-ring (bicyclic) bond motifs is 1. The van der Waals surface area contributed by atoms with E-state index in [0.29, 0.717) is 12.1 Å². The molecule has 2 aromatic rings. The smallest absolute Gasteiger partial charge is 0.345 e. The van der Waals surface area contributed by atoms with Crippen LogP contribution < -0.4 is 5.32 Å². The van der Waals surface area contributed by atoms with Crippen LogP contribution in [-0.2, 0) is 14.6 Å². The van der Waals surface area contributed by atoms with Crippen LogP contribution in [-0.4, -0.2) is 36.9 Å². The van der Waals surface area contributed by atoms with Gasteiger partial charge in [-0.15, -0.1) is 11.3 Å². The summed E-state index contributed by atoms with van der Waals surface area (Å²) in [4.78, 5) is 23.3. The van der Waals surface area contributed by atoms with Gasteiger partial charge in [0.05, 0.1) is 17.4 Å². The van der Waals surface area contributed by atoms with Crippen LogP contribution in [0.15, 0.2) is 24.3 Å². The molecule has 1 aliphatic rings. The van der Waals surface area contributed by atoms with E-state index in [-0.39, 0.29) is 22.3 Å². The van der Waals surface area contributed by atoms with Gasteiger partial charge in [0.15, 0.2) is 9.84 Å². The van der Waals surface area contributed by atoms with Crippen molar-refractivity contribution < 1.29 is 23.1 Å². The third-order valence-corrected chi connectivity index (χ3v) is 6.47. The number of carboxylic acid groups (broad SMARTS) is 1. The number of carboxylic acids is 1. The molecule has 1 amide bonds. The van der Waals surface area contributed by atoms with Crippen LogP contribution in [0.25, 0.3) is 10.1 Å². The van der Waals surface area contributed by atoms with Crippen LogP contribution in [0, 0.1) is 5.92 Å². The van der Waals surface area contributed by atoms with E-state index in [0.717, 1.165) is 10.1 Å². The van der Waals surface area contributed by atoms with Crippen molar-refractivity contribution in [3.8, 4) is 0 Å². The fourth-order valence-electron chi connectivity index (χ4n) is 2.47. The van der Waals surface area contributed by atoms with Gasteiger partial charge in [0.25, 0.3) is 0 Å². The first-order valence-electron chi connectivity index (χ1n) is 6.62. The third-order valence-electron chi connectivity index (χ3n) is 3.60. The first-order chi connectivity index (χ1) is 10.3. The molecule has 0 bridgehead atoms. The van der Waals surface area contributed by atoms with Gasteiger partial charge in [0.1, 0.15) is 4.88 Å². The standard InChI is InChI=1S/C14H13NO5S2/c16-13(8-3-4-22(19,20)7-8)15-10-1-2-11-9(5-10)6-12(21-11)14(17)18/h1-2,5-6,8H,3-4,7H2,(H,15,16)(H,17,18)/t8-/m0/s1. The largest absolute Gasteiger partial charge is 0.477 e. The second-order valence-corrected chi connectivity index (χ2v) is 8.57. The Kier molecular flexibility index (Phi) is 3.65. The molecule has 0 radical (unpaired) electrons. The van der Waals surface area contributed by atoms with Crippen molar-refractivity contribution in [3.63, 3.8) is 0 Å². The summed E-state index contributed by atoms with van der Waals surface area (Å²) in [5.41, 5.74) is 0.538. The predicted molar refractivity (Wildman–Crippen MR) is 84.2 cm³/mol. The number of thiophene rings is 1. The van der Waals surface area contributed by atoms with Crippen molar-refractivity contribution in [2.24, 2.45) is 5.92 Å². The Morgan fingerprint density at radius 2 is 2.05 bits per heavy atom. The molecular weight excluding hydrogens is 326 g/mol. The molecule has 0 saturated carbocycles. The minimum atomic E-state index is -3.10. The molecule has 6 nitrogen and oxygen atoms in total. The van der Waals surface area contributed by atoms with Crippen molar-refractivity contribution in [2.45, 2.75) is 6.42 Å². The highest BCUT2D eigenvalue weighted by molar-refractivity contribution is 7.91. The second kappa shape index (κ2) is 5.36. The number of hydrogen-bond donors (Lipinski definition) is 2. The fourth-order valence-corrected chi connectivity index (χ4v) is 5.10. The van der Waals surface area contributed by atoms with E-state index in [9.17, 15) is 18.0 Å². The number of hydrogen-bond acceptors (Lipinski definition) is 5. The van der Waals surface area contributed by atoms with E-state index in [1.165, 1.54) is 11.3 Å². The van der Waals surface area contributed by atoms with Crippen molar-refractivity contribution in [1.82, 2.24) is 0 Å². The molecule has 1 aliphatic heterocycles. The summed E-state index contributed by atoms with van der Waals surface area (Å²) in [5.74, 6) is -1.87. The van der Waals surface area contributed by atoms with Gasteiger partial charge in [0.2, 0.25) is 5.91 Å². The van der Waals surface area contributed by atoms with Crippen molar-refractivity contribution in [1.29, 1.82) is 0 Å². The Hall–Kier alpha value is -1.93. The van der Waals surface area contributed by atoms with E-state index in [1.807, 2.05) is 0 Å². The first-order valence-corrected chi connectivity index (χ1v) is 9.26. The van der Waals surface area contributed by atoms with Crippen LogP contribution in [0.2, 0.25) is 0 Å². The van der Waals surface area contributed by atoms with Gasteiger partial charge in [-0.3, -0.25) is 4.79 Å². The number of carbonyl (C=O) groups is 2. The average molecular weight is 339 g/mol. The molecule has 2 N–H and O–H groups in total. The van der Waals surface area contributed by atoms with Crippen LogP contribution in [0.4, 0.5) is 5.69 Å². The lowest BCUT2D eigenvalue weighted by Crippen LogP contribution is -2.23. The Morgan fingerprint density at radius 3 is 2.68 bits per heavy atom. The normalized spacial score (nSPS) is 20.1. The molecule has 1 saturated heterocycles. The zero-order valence-corrected chi connectivity index (χ0v) is 13.0. The van der Waals surface area contributed by atoms with E-state index in [4.69, 9.17) is 5.11 Å². The third kappa shape index (κ3) is 2.97. The molecule has 1 atom stereocenters. The maximum Gasteiger partial charge on any atom is 0.345 e. The number of sulfone groups is 1. The van der Waals surface area contributed by atoms with Crippen molar-refractivity contribution in [2.75, 3.05) is 16.8 Å². The van der Waals surface area contributed by atoms with Gasteiger partial charge in [-0.25, -0.2) is 13.2 Å². The van der Waals surface area contributed by atoms with Gasteiger partial charge in [-0.2, -0.15) is 0 Å². The van der Waals surface area contributed by atoms with Crippen molar-refractivity contribution >= 4 is 48.8 Å². The number of amides is 1. The quantitative estimate of drug-likeness (QED) is 0.890. The van der Waals surface area contributed by atoms with Crippen LogP contribution >= 0.6 is 11.3 Å². The van der Waals surface area contributed by atoms with Gasteiger partial charge in [-0.05, 0) is 36.1 Å². The summed E-state index contributed by atoms with van der Waals surface area (Å²) in [5, 5.41) is 12.4. The molecule has 0 unspecified atom stereocenters. The van der Waals surface area contributed by atoms with Crippen LogP contribution in [0.5, 0.6) is 0 Å². The average Bonchev–Trinajstić information content (AvgIpc) is 3.01.